The second-order valence-corrected chi connectivity index (χ2v) is 7.50. The standard InChI is InChI=1S/C19H30N4O5/c1-22(2)8-9-23(3)16-17(24)15(14-11-27-18(16)28-14)21-19(25)20-12-6-5-7-13(10-12)26-4/h5-7,10,14-18,24H,8-9,11H2,1-4H3,(H2,20,21,25)/t14-,15+,16-,17-,18+/m0/s1. The Morgan fingerprint density at radius 1 is 1.32 bits per heavy atom. The predicted octanol–water partition coefficient (Wildman–Crippen LogP) is 0.163. The van der Waals surface area contributed by atoms with Gasteiger partial charge in [0.05, 0.1) is 31.9 Å². The van der Waals surface area contributed by atoms with Gasteiger partial charge >= 0.3 is 6.03 Å². The van der Waals surface area contributed by atoms with Crippen molar-refractivity contribution in [2.75, 3.05) is 53.3 Å². The molecule has 2 aliphatic rings. The lowest BCUT2D eigenvalue weighted by molar-refractivity contribution is -0.177. The van der Waals surface area contributed by atoms with E-state index in [1.165, 1.54) is 0 Å². The molecular weight excluding hydrogens is 364 g/mol. The number of hydrogen-bond donors (Lipinski definition) is 3. The number of nitrogens with one attached hydrogen (secondary N) is 2. The van der Waals surface area contributed by atoms with Crippen molar-refractivity contribution in [2.45, 2.75) is 30.6 Å². The average molecular weight is 394 g/mol. The third-order valence-electron chi connectivity index (χ3n) is 5.17. The van der Waals surface area contributed by atoms with Crippen LogP contribution >= 0.6 is 0 Å². The van der Waals surface area contributed by atoms with Crippen LogP contribution in [0.25, 0.3) is 0 Å². The summed E-state index contributed by atoms with van der Waals surface area (Å²) in [4.78, 5) is 16.6. The number of aliphatic hydroxyl groups is 1. The number of carbonyl (C=O) groups is 1. The van der Waals surface area contributed by atoms with Gasteiger partial charge in [0.1, 0.15) is 11.9 Å². The maximum Gasteiger partial charge on any atom is 0.319 e. The molecule has 0 unspecified atom stereocenters. The quantitative estimate of drug-likeness (QED) is 0.606. The Morgan fingerprint density at radius 2 is 2.11 bits per heavy atom. The molecule has 2 fully saturated rings. The van der Waals surface area contributed by atoms with E-state index in [0.717, 1.165) is 13.1 Å². The molecule has 2 saturated heterocycles. The van der Waals surface area contributed by atoms with Crippen molar-refractivity contribution in [2.24, 2.45) is 0 Å². The maximum atomic E-state index is 12.5. The monoisotopic (exact) mass is 394 g/mol. The molecule has 0 radical (unpaired) electrons. The molecule has 2 bridgehead atoms. The van der Waals surface area contributed by atoms with E-state index in [1.54, 1.807) is 31.4 Å². The van der Waals surface area contributed by atoms with E-state index in [9.17, 15) is 9.90 Å². The molecule has 1 aromatic rings. The van der Waals surface area contributed by atoms with E-state index < -0.39 is 24.5 Å². The highest BCUT2D eigenvalue weighted by molar-refractivity contribution is 5.89. The highest BCUT2D eigenvalue weighted by atomic mass is 16.7. The van der Waals surface area contributed by atoms with Gasteiger partial charge in [-0.1, -0.05) is 6.07 Å². The van der Waals surface area contributed by atoms with Crippen LogP contribution in [-0.2, 0) is 9.47 Å². The number of hydrogen-bond acceptors (Lipinski definition) is 7. The summed E-state index contributed by atoms with van der Waals surface area (Å²) in [7, 11) is 7.49. The Labute approximate surface area is 165 Å². The molecule has 5 atom stereocenters. The smallest absolute Gasteiger partial charge is 0.319 e. The van der Waals surface area contributed by atoms with Crippen LogP contribution in [0.4, 0.5) is 10.5 Å². The number of methoxy groups -OCH3 is 1. The van der Waals surface area contributed by atoms with Gasteiger partial charge in [-0.2, -0.15) is 0 Å². The second-order valence-electron chi connectivity index (χ2n) is 7.50. The largest absolute Gasteiger partial charge is 0.497 e. The summed E-state index contributed by atoms with van der Waals surface area (Å²) in [6.45, 7) is 1.92. The predicted molar refractivity (Wildman–Crippen MR) is 105 cm³/mol. The number of rotatable bonds is 7. The van der Waals surface area contributed by atoms with E-state index >= 15 is 0 Å². The van der Waals surface area contributed by atoms with Gasteiger partial charge in [0.25, 0.3) is 0 Å². The lowest BCUT2D eigenvalue weighted by atomic mass is 9.95. The average Bonchev–Trinajstić information content (AvgIpc) is 3.09. The summed E-state index contributed by atoms with van der Waals surface area (Å²) in [5.41, 5.74) is 0.600. The molecular formula is C19H30N4O5. The van der Waals surface area contributed by atoms with Crippen LogP contribution in [0, 0.1) is 0 Å². The molecule has 9 heteroatoms. The molecule has 1 aromatic carbocycles. The highest BCUT2D eigenvalue weighted by Gasteiger charge is 2.51. The van der Waals surface area contributed by atoms with Gasteiger partial charge in [0.2, 0.25) is 0 Å². The first-order chi connectivity index (χ1) is 13.4. The number of carbonyl (C=O) groups excluding carboxylic acids is 1. The normalized spacial score (nSPS) is 29.2. The number of nitrogens with zero attached hydrogens (tertiary/aromatic N) is 2. The Kier molecular flexibility index (Phi) is 6.73. The number of benzene rings is 1. The van der Waals surface area contributed by atoms with Crippen molar-refractivity contribution in [1.29, 1.82) is 0 Å². The van der Waals surface area contributed by atoms with Crippen LogP contribution in [0.1, 0.15) is 0 Å². The van der Waals surface area contributed by atoms with Crippen LogP contribution in [-0.4, -0.2) is 99.5 Å². The third kappa shape index (κ3) is 4.73. The molecule has 0 spiro atoms. The van der Waals surface area contributed by atoms with Gasteiger partial charge in [-0.15, -0.1) is 0 Å². The van der Waals surface area contributed by atoms with Crippen LogP contribution in [0.5, 0.6) is 5.75 Å². The summed E-state index contributed by atoms with van der Waals surface area (Å²) in [6.07, 6.45) is -1.68. The zero-order valence-electron chi connectivity index (χ0n) is 16.8. The van der Waals surface area contributed by atoms with Crippen molar-refractivity contribution in [3.63, 3.8) is 0 Å². The molecule has 0 saturated carbocycles. The van der Waals surface area contributed by atoms with Crippen LogP contribution < -0.4 is 15.4 Å². The summed E-state index contributed by atoms with van der Waals surface area (Å²) >= 11 is 0. The number of urea groups is 1. The van der Waals surface area contributed by atoms with Gasteiger partial charge in [-0.05, 0) is 33.3 Å². The number of aliphatic hydroxyl groups excluding tert-OH is 1. The van der Waals surface area contributed by atoms with Crippen LogP contribution in [0.2, 0.25) is 0 Å². The number of amides is 2. The summed E-state index contributed by atoms with van der Waals surface area (Å²) in [5, 5.41) is 16.6. The summed E-state index contributed by atoms with van der Waals surface area (Å²) < 4.78 is 16.8. The lowest BCUT2D eigenvalue weighted by Crippen LogP contribution is -2.65. The molecule has 156 valence electrons. The van der Waals surface area contributed by atoms with Crippen LogP contribution in [0.3, 0.4) is 0 Å². The minimum Gasteiger partial charge on any atom is -0.497 e. The Balaban J connectivity index is 1.64. The first kappa shape index (κ1) is 20.8. The molecule has 3 rings (SSSR count). The van der Waals surface area contributed by atoms with Crippen molar-refractivity contribution in [3.05, 3.63) is 24.3 Å². The zero-order chi connectivity index (χ0) is 20.3. The van der Waals surface area contributed by atoms with Gasteiger partial charge < -0.3 is 34.9 Å². The summed E-state index contributed by atoms with van der Waals surface area (Å²) in [5.74, 6) is 0.647. The second kappa shape index (κ2) is 9.06. The molecule has 9 nitrogen and oxygen atoms in total. The molecule has 0 aromatic heterocycles. The number of anilines is 1. The number of ether oxygens (including phenoxy) is 3. The first-order valence-electron chi connectivity index (χ1n) is 9.40. The Hall–Kier alpha value is -1.91. The minimum absolute atomic E-state index is 0.337. The molecule has 2 amide bonds. The fraction of sp³-hybridized carbons (Fsp3) is 0.632. The maximum absolute atomic E-state index is 12.5. The first-order valence-corrected chi connectivity index (χ1v) is 9.40. The van der Waals surface area contributed by atoms with Crippen LogP contribution in [0.15, 0.2) is 24.3 Å². The van der Waals surface area contributed by atoms with Gasteiger partial charge in [0, 0.05) is 24.8 Å². The number of fused-ring (bicyclic) bond motifs is 2. The highest BCUT2D eigenvalue weighted by Crippen LogP contribution is 2.31. The fourth-order valence-electron chi connectivity index (χ4n) is 3.57. The molecule has 28 heavy (non-hydrogen) atoms. The van der Waals surface area contributed by atoms with Gasteiger partial charge in [-0.25, -0.2) is 4.79 Å². The van der Waals surface area contributed by atoms with E-state index in [2.05, 4.69) is 15.5 Å². The number of likely N-dealkylation sites (N-methyl/N-ethyl adjacent to an activating group) is 2. The third-order valence-corrected chi connectivity index (χ3v) is 5.17. The topological polar surface area (TPSA) is 95.5 Å². The summed E-state index contributed by atoms with van der Waals surface area (Å²) in [6, 6.07) is 5.73. The molecule has 3 N–H and O–H groups in total. The zero-order valence-corrected chi connectivity index (χ0v) is 16.8. The minimum atomic E-state index is -0.811. The SMILES string of the molecule is COc1cccc(NC(=O)N[C@H]2[C@H](O)[C@H](N(C)CCN(C)C)[C@@H]3OC[C@@H]2O3)c1. The fourth-order valence-corrected chi connectivity index (χ4v) is 3.57. The van der Waals surface area contributed by atoms with Crippen molar-refractivity contribution >= 4 is 11.7 Å². The molecule has 0 aliphatic carbocycles. The van der Waals surface area contributed by atoms with Crippen molar-refractivity contribution in [3.8, 4) is 5.75 Å². The molecule has 2 heterocycles. The van der Waals surface area contributed by atoms with Crippen molar-refractivity contribution in [1.82, 2.24) is 15.1 Å². The Bertz CT molecular complexity index is 673. The van der Waals surface area contributed by atoms with Gasteiger partial charge in [0.15, 0.2) is 6.29 Å². The lowest BCUT2D eigenvalue weighted by Gasteiger charge is -2.42. The van der Waals surface area contributed by atoms with E-state index in [-0.39, 0.29) is 12.1 Å². The van der Waals surface area contributed by atoms with E-state index in [0.29, 0.717) is 18.0 Å². The Morgan fingerprint density at radius 3 is 2.82 bits per heavy atom. The molecule has 2 aliphatic heterocycles. The van der Waals surface area contributed by atoms with E-state index in [1.807, 2.05) is 26.0 Å². The van der Waals surface area contributed by atoms with Gasteiger partial charge in [-0.3, -0.25) is 4.90 Å². The van der Waals surface area contributed by atoms with E-state index in [4.69, 9.17) is 14.2 Å². The van der Waals surface area contributed by atoms with Crippen molar-refractivity contribution < 1.29 is 24.1 Å².